The van der Waals surface area contributed by atoms with E-state index in [1.54, 1.807) is 18.2 Å². The third-order valence-corrected chi connectivity index (χ3v) is 4.61. The second-order valence-electron chi connectivity index (χ2n) is 5.47. The van der Waals surface area contributed by atoms with Gasteiger partial charge < -0.3 is 19.7 Å². The highest BCUT2D eigenvalue weighted by Crippen LogP contribution is 2.31. The van der Waals surface area contributed by atoms with E-state index in [2.05, 4.69) is 5.32 Å². The molecule has 2 aliphatic rings. The number of carbonyl (C=O) groups is 1. The molecule has 1 N–H and O–H groups in total. The fraction of sp³-hybridized carbons (Fsp3) is 0.533. The van der Waals surface area contributed by atoms with Crippen LogP contribution in [0.2, 0.25) is 10.0 Å². The van der Waals surface area contributed by atoms with E-state index < -0.39 is 5.79 Å². The van der Waals surface area contributed by atoms with Gasteiger partial charge in [-0.2, -0.15) is 0 Å². The third-order valence-electron chi connectivity index (χ3n) is 4.05. The quantitative estimate of drug-likeness (QED) is 0.915. The maximum atomic E-state index is 12.3. The summed E-state index contributed by atoms with van der Waals surface area (Å²) in [5, 5.41) is 4.16. The molecule has 5 nitrogen and oxygen atoms in total. The molecular weight excluding hydrogens is 327 g/mol. The molecule has 0 saturated carbocycles. The Hall–Kier alpha value is -1.01. The molecule has 0 bridgehead atoms. The fourth-order valence-corrected chi connectivity index (χ4v) is 3.15. The summed E-state index contributed by atoms with van der Waals surface area (Å²) in [5.74, 6) is -0.426. The normalized spacial score (nSPS) is 20.4. The minimum absolute atomic E-state index is 0.0314. The van der Waals surface area contributed by atoms with Crippen molar-refractivity contribution in [1.82, 2.24) is 4.90 Å². The monoisotopic (exact) mass is 344 g/mol. The number of ether oxygens (including phenoxy) is 2. The van der Waals surface area contributed by atoms with Gasteiger partial charge in [-0.25, -0.2) is 0 Å². The number of halogens is 2. The molecule has 2 aliphatic heterocycles. The van der Waals surface area contributed by atoms with Crippen molar-refractivity contribution in [2.24, 2.45) is 0 Å². The Kier molecular flexibility index (Phi) is 4.78. The average Bonchev–Trinajstić information content (AvgIpc) is 2.97. The number of hydrogen-bond donors (Lipinski definition) is 1. The molecule has 22 heavy (non-hydrogen) atoms. The van der Waals surface area contributed by atoms with Crippen LogP contribution in [0, 0.1) is 0 Å². The molecule has 7 heteroatoms. The number of nitrogens with one attached hydrogen (secondary N) is 1. The van der Waals surface area contributed by atoms with E-state index in [4.69, 9.17) is 32.7 Å². The number of nitrogens with zero attached hydrogens (tertiary/aromatic N) is 1. The molecule has 3 rings (SSSR count). The van der Waals surface area contributed by atoms with Crippen LogP contribution < -0.4 is 5.32 Å². The molecule has 0 aromatic heterocycles. The van der Waals surface area contributed by atoms with Crippen molar-refractivity contribution in [2.75, 3.05) is 38.2 Å². The van der Waals surface area contributed by atoms with Gasteiger partial charge in [0.25, 0.3) is 0 Å². The molecule has 2 fully saturated rings. The smallest absolute Gasteiger partial charge is 0.241 e. The molecule has 0 radical (unpaired) electrons. The summed E-state index contributed by atoms with van der Waals surface area (Å²) in [5.41, 5.74) is 0.665. The minimum Gasteiger partial charge on any atom is -0.375 e. The Balaban J connectivity index is 1.51. The van der Waals surface area contributed by atoms with Crippen LogP contribution in [0.4, 0.5) is 5.69 Å². The predicted octanol–water partition coefficient (Wildman–Crippen LogP) is 2.77. The van der Waals surface area contributed by atoms with E-state index in [0.29, 0.717) is 42.0 Å². The van der Waals surface area contributed by atoms with Gasteiger partial charge in [0.05, 0.1) is 30.5 Å². The van der Waals surface area contributed by atoms with E-state index in [1.165, 1.54) is 0 Å². The Morgan fingerprint density at radius 1 is 1.23 bits per heavy atom. The van der Waals surface area contributed by atoms with Gasteiger partial charge in [0.15, 0.2) is 5.79 Å². The highest BCUT2D eigenvalue weighted by atomic mass is 35.5. The van der Waals surface area contributed by atoms with Crippen LogP contribution >= 0.6 is 23.2 Å². The van der Waals surface area contributed by atoms with E-state index in [9.17, 15) is 4.79 Å². The van der Waals surface area contributed by atoms with Crippen LogP contribution in [-0.2, 0) is 14.3 Å². The number of amides is 1. The molecule has 0 aliphatic carbocycles. The molecule has 1 aromatic rings. The van der Waals surface area contributed by atoms with Gasteiger partial charge in [-0.1, -0.05) is 23.2 Å². The summed E-state index contributed by atoms with van der Waals surface area (Å²) in [6, 6.07) is 5.13. The summed E-state index contributed by atoms with van der Waals surface area (Å²) in [6.45, 7) is 2.76. The van der Waals surface area contributed by atoms with E-state index >= 15 is 0 Å². The van der Waals surface area contributed by atoms with Crippen molar-refractivity contribution in [3.05, 3.63) is 28.2 Å². The van der Waals surface area contributed by atoms with Crippen molar-refractivity contribution in [3.8, 4) is 0 Å². The average molecular weight is 345 g/mol. The van der Waals surface area contributed by atoms with Crippen LogP contribution in [0.15, 0.2) is 18.2 Å². The fourth-order valence-electron chi connectivity index (χ4n) is 2.80. The minimum atomic E-state index is -0.458. The lowest BCUT2D eigenvalue weighted by atomic mass is 10.0. The number of likely N-dealkylation sites (tertiary alicyclic amines) is 1. The summed E-state index contributed by atoms with van der Waals surface area (Å²) >= 11 is 12.0. The first-order valence-corrected chi connectivity index (χ1v) is 8.08. The lowest BCUT2D eigenvalue weighted by Gasteiger charge is -2.37. The molecule has 1 amide bonds. The van der Waals surface area contributed by atoms with Gasteiger partial charge in [-0.3, -0.25) is 4.79 Å². The molecule has 0 unspecified atom stereocenters. The Bertz CT molecular complexity index is 552. The molecule has 120 valence electrons. The zero-order valence-corrected chi connectivity index (χ0v) is 13.6. The molecule has 1 spiro atoms. The number of rotatable bonds is 3. The standard InChI is InChI=1S/C15H18Cl2N2O3/c16-11-1-2-12(17)13(9-11)18-10-14(20)19-5-3-15(4-6-19)21-7-8-22-15/h1-2,9,18H,3-8,10H2. The van der Waals surface area contributed by atoms with Gasteiger partial charge in [-0.05, 0) is 18.2 Å². The van der Waals surface area contributed by atoms with Crippen LogP contribution in [0.5, 0.6) is 0 Å². The van der Waals surface area contributed by atoms with Crippen LogP contribution in [0.3, 0.4) is 0 Å². The van der Waals surface area contributed by atoms with Gasteiger partial charge in [-0.15, -0.1) is 0 Å². The van der Waals surface area contributed by atoms with Crippen LogP contribution in [-0.4, -0.2) is 49.4 Å². The first-order valence-electron chi connectivity index (χ1n) is 7.33. The molecule has 2 saturated heterocycles. The Morgan fingerprint density at radius 2 is 1.91 bits per heavy atom. The van der Waals surface area contributed by atoms with E-state index in [-0.39, 0.29) is 12.5 Å². The topological polar surface area (TPSA) is 50.8 Å². The summed E-state index contributed by atoms with van der Waals surface area (Å²) < 4.78 is 11.3. The van der Waals surface area contributed by atoms with E-state index in [0.717, 1.165) is 12.8 Å². The van der Waals surface area contributed by atoms with E-state index in [1.807, 2.05) is 4.90 Å². The molecule has 1 aromatic carbocycles. The predicted molar refractivity (Wildman–Crippen MR) is 85.4 cm³/mol. The third kappa shape index (κ3) is 3.49. The van der Waals surface area contributed by atoms with Gasteiger partial charge in [0.1, 0.15) is 0 Å². The van der Waals surface area contributed by atoms with Crippen LogP contribution in [0.1, 0.15) is 12.8 Å². The summed E-state index contributed by atoms with van der Waals surface area (Å²) in [7, 11) is 0. The molecule has 2 heterocycles. The number of anilines is 1. The maximum absolute atomic E-state index is 12.3. The van der Waals surface area contributed by atoms with Crippen molar-refractivity contribution >= 4 is 34.8 Å². The molecular formula is C15H18Cl2N2O3. The summed E-state index contributed by atoms with van der Waals surface area (Å²) in [4.78, 5) is 14.1. The molecule has 0 atom stereocenters. The Morgan fingerprint density at radius 3 is 2.59 bits per heavy atom. The van der Waals surface area contributed by atoms with Gasteiger partial charge >= 0.3 is 0 Å². The highest BCUT2D eigenvalue weighted by Gasteiger charge is 2.40. The zero-order valence-electron chi connectivity index (χ0n) is 12.1. The first kappa shape index (κ1) is 15.9. The van der Waals surface area contributed by atoms with Crippen LogP contribution in [0.25, 0.3) is 0 Å². The maximum Gasteiger partial charge on any atom is 0.241 e. The second kappa shape index (κ2) is 6.62. The number of benzene rings is 1. The van der Waals surface area contributed by atoms with Crippen molar-refractivity contribution in [2.45, 2.75) is 18.6 Å². The van der Waals surface area contributed by atoms with Crippen molar-refractivity contribution < 1.29 is 14.3 Å². The Labute approximate surface area is 139 Å². The highest BCUT2D eigenvalue weighted by molar-refractivity contribution is 6.35. The van der Waals surface area contributed by atoms with Gasteiger partial charge in [0.2, 0.25) is 5.91 Å². The lowest BCUT2D eigenvalue weighted by molar-refractivity contribution is -0.187. The number of piperidine rings is 1. The van der Waals surface area contributed by atoms with Crippen molar-refractivity contribution in [3.63, 3.8) is 0 Å². The summed E-state index contributed by atoms with van der Waals surface area (Å²) in [6.07, 6.45) is 1.44. The number of hydrogen-bond acceptors (Lipinski definition) is 4. The van der Waals surface area contributed by atoms with Gasteiger partial charge in [0, 0.05) is 31.0 Å². The zero-order chi connectivity index (χ0) is 15.6. The largest absolute Gasteiger partial charge is 0.375 e. The SMILES string of the molecule is O=C(CNc1cc(Cl)ccc1Cl)N1CCC2(CC1)OCCO2. The number of carbonyl (C=O) groups excluding carboxylic acids is 1. The van der Waals surface area contributed by atoms with Crippen molar-refractivity contribution in [1.29, 1.82) is 0 Å². The first-order chi connectivity index (χ1) is 10.6. The second-order valence-corrected chi connectivity index (χ2v) is 6.31. The lowest BCUT2D eigenvalue weighted by Crippen LogP contribution is -2.48.